The van der Waals surface area contributed by atoms with Gasteiger partial charge in [0.15, 0.2) is 0 Å². The number of benzene rings is 2. The molecule has 0 spiro atoms. The van der Waals surface area contributed by atoms with Gasteiger partial charge in [-0.15, -0.1) is 0 Å². The number of likely N-dealkylation sites (tertiary alicyclic amines) is 1. The first-order chi connectivity index (χ1) is 19.5. The van der Waals surface area contributed by atoms with E-state index in [4.69, 9.17) is 25.8 Å². The lowest BCUT2D eigenvalue weighted by Crippen LogP contribution is -2.52. The number of anilines is 3. The van der Waals surface area contributed by atoms with Gasteiger partial charge in [0.05, 0.1) is 22.3 Å². The van der Waals surface area contributed by atoms with Crippen LogP contribution in [-0.4, -0.2) is 70.4 Å². The molecule has 11 nitrogen and oxygen atoms in total. The molecular formula is C28H28ClN7O4. The monoisotopic (exact) mass is 561 g/mol. The van der Waals surface area contributed by atoms with Gasteiger partial charge in [0, 0.05) is 50.1 Å². The molecule has 1 amide bonds. The van der Waals surface area contributed by atoms with Crippen molar-refractivity contribution in [1.82, 2.24) is 25.1 Å². The van der Waals surface area contributed by atoms with Gasteiger partial charge in [-0.3, -0.25) is 9.69 Å². The van der Waals surface area contributed by atoms with Crippen LogP contribution in [0.1, 0.15) is 5.69 Å². The molecule has 1 aliphatic heterocycles. The van der Waals surface area contributed by atoms with Crippen LogP contribution in [0.25, 0.3) is 10.9 Å². The van der Waals surface area contributed by atoms with E-state index in [1.165, 1.54) is 12.4 Å². The first kappa shape index (κ1) is 27.3. The smallest absolute Gasteiger partial charge is 0.247 e. The first-order valence-electron chi connectivity index (χ1n) is 12.6. The van der Waals surface area contributed by atoms with Crippen molar-refractivity contribution in [1.29, 1.82) is 0 Å². The molecule has 0 unspecified atom stereocenters. The van der Waals surface area contributed by atoms with E-state index in [9.17, 15) is 4.79 Å². The third-order valence-corrected chi connectivity index (χ3v) is 6.60. The van der Waals surface area contributed by atoms with Gasteiger partial charge in [-0.25, -0.2) is 9.97 Å². The maximum absolute atomic E-state index is 12.2. The summed E-state index contributed by atoms with van der Waals surface area (Å²) in [6, 6.07) is 12.5. The number of halogens is 1. The lowest BCUT2D eigenvalue weighted by molar-refractivity contribution is -0.111. The molecule has 0 radical (unpaired) electrons. The number of nitrogens with one attached hydrogen (secondary N) is 2. The minimum Gasteiger partial charge on any atom is -0.490 e. The number of fused-ring (bicyclic) bond motifs is 1. The maximum Gasteiger partial charge on any atom is 0.247 e. The number of hydrogen-bond donors (Lipinski definition) is 2. The Morgan fingerprint density at radius 1 is 1.18 bits per heavy atom. The summed E-state index contributed by atoms with van der Waals surface area (Å²) >= 11 is 6.48. The Kier molecular flexibility index (Phi) is 8.65. The van der Waals surface area contributed by atoms with Gasteiger partial charge in [-0.2, -0.15) is 10.2 Å². The quantitative estimate of drug-likeness (QED) is 0.243. The molecule has 1 fully saturated rings. The number of ether oxygens (including phenoxy) is 3. The second-order valence-corrected chi connectivity index (χ2v) is 9.43. The van der Waals surface area contributed by atoms with E-state index in [0.29, 0.717) is 56.9 Å². The zero-order valence-electron chi connectivity index (χ0n) is 21.8. The van der Waals surface area contributed by atoms with Crippen LogP contribution in [0.3, 0.4) is 0 Å². The van der Waals surface area contributed by atoms with Crippen molar-refractivity contribution in [2.75, 3.05) is 44.0 Å². The van der Waals surface area contributed by atoms with E-state index >= 15 is 0 Å². The number of methoxy groups -OCH3 is 1. The Balaban J connectivity index is 1.33. The van der Waals surface area contributed by atoms with Crippen LogP contribution in [0, 0.1) is 0 Å². The Labute approximate surface area is 236 Å². The molecule has 0 bridgehead atoms. The number of amides is 1. The molecule has 1 aliphatic rings. The lowest BCUT2D eigenvalue weighted by atomic mass is 10.1. The highest BCUT2D eigenvalue weighted by Gasteiger charge is 2.25. The molecule has 4 aromatic rings. The summed E-state index contributed by atoms with van der Waals surface area (Å²) in [7, 11) is 1.72. The van der Waals surface area contributed by atoms with Gasteiger partial charge in [-0.05, 0) is 42.5 Å². The van der Waals surface area contributed by atoms with Gasteiger partial charge in [0.25, 0.3) is 0 Å². The molecule has 2 aromatic heterocycles. The number of carbonyl (C=O) groups excluding carboxylic acids is 1. The predicted octanol–water partition coefficient (Wildman–Crippen LogP) is 4.23. The highest BCUT2D eigenvalue weighted by Crippen LogP contribution is 2.35. The third kappa shape index (κ3) is 6.63. The summed E-state index contributed by atoms with van der Waals surface area (Å²) in [5.74, 6) is 1.19. The van der Waals surface area contributed by atoms with Crippen LogP contribution in [0.4, 0.5) is 17.2 Å². The molecular weight excluding hydrogens is 534 g/mol. The molecule has 5 rings (SSSR count). The van der Waals surface area contributed by atoms with E-state index in [-0.39, 0.29) is 18.6 Å². The second-order valence-electron chi connectivity index (χ2n) is 9.02. The van der Waals surface area contributed by atoms with Crippen LogP contribution in [-0.2, 0) is 16.1 Å². The molecule has 2 N–H and O–H groups in total. The average Bonchev–Trinajstić information content (AvgIpc) is 2.94. The summed E-state index contributed by atoms with van der Waals surface area (Å²) in [6.07, 6.45) is 4.54. The standard InChI is InChI=1S/C28H28ClN7O4/c1-3-27(37)34-24-12-21-23(13-26(24)39-10-9-36-14-20(15-36)38-2)30-17-31-28(21)33-18-6-7-25(22(29)11-18)40-16-19-5-4-8-32-35-19/h3-8,11-13,17,20H,1,9-10,14-16H2,2H3,(H,34,37)(H,30,31,33). The first-order valence-corrected chi connectivity index (χ1v) is 13.0. The maximum atomic E-state index is 12.2. The van der Waals surface area contributed by atoms with E-state index in [1.54, 1.807) is 43.6 Å². The molecule has 12 heteroatoms. The Morgan fingerprint density at radius 3 is 2.80 bits per heavy atom. The largest absolute Gasteiger partial charge is 0.490 e. The average molecular weight is 562 g/mol. The lowest BCUT2D eigenvalue weighted by Gasteiger charge is -2.37. The zero-order valence-corrected chi connectivity index (χ0v) is 22.6. The zero-order chi connectivity index (χ0) is 27.9. The highest BCUT2D eigenvalue weighted by molar-refractivity contribution is 6.32. The van der Waals surface area contributed by atoms with Crippen molar-refractivity contribution in [3.8, 4) is 11.5 Å². The van der Waals surface area contributed by atoms with Gasteiger partial charge < -0.3 is 24.8 Å². The summed E-state index contributed by atoms with van der Waals surface area (Å²) in [4.78, 5) is 23.2. The molecule has 0 atom stereocenters. The third-order valence-electron chi connectivity index (χ3n) is 6.30. The van der Waals surface area contributed by atoms with Crippen molar-refractivity contribution in [2.45, 2.75) is 12.7 Å². The number of carbonyl (C=O) groups is 1. The van der Waals surface area contributed by atoms with Crippen LogP contribution in [0.15, 0.2) is 67.6 Å². The van der Waals surface area contributed by atoms with Crippen LogP contribution >= 0.6 is 11.6 Å². The Hall–Kier alpha value is -4.32. The summed E-state index contributed by atoms with van der Waals surface area (Å²) < 4.78 is 17.2. The van der Waals surface area contributed by atoms with Crippen molar-refractivity contribution >= 4 is 45.6 Å². The van der Waals surface area contributed by atoms with Crippen molar-refractivity contribution in [3.63, 3.8) is 0 Å². The van der Waals surface area contributed by atoms with Gasteiger partial charge in [0.1, 0.15) is 42.6 Å². The van der Waals surface area contributed by atoms with E-state index in [1.807, 2.05) is 12.1 Å². The van der Waals surface area contributed by atoms with Gasteiger partial charge >= 0.3 is 0 Å². The van der Waals surface area contributed by atoms with Crippen LogP contribution in [0.2, 0.25) is 5.02 Å². The number of hydrogen-bond acceptors (Lipinski definition) is 10. The van der Waals surface area contributed by atoms with E-state index < -0.39 is 0 Å². The van der Waals surface area contributed by atoms with Crippen LogP contribution < -0.4 is 20.1 Å². The fourth-order valence-electron chi connectivity index (χ4n) is 4.12. The Bertz CT molecular complexity index is 1500. The number of rotatable bonds is 12. The van der Waals surface area contributed by atoms with Crippen molar-refractivity contribution in [3.05, 3.63) is 78.4 Å². The molecule has 1 saturated heterocycles. The molecule has 40 heavy (non-hydrogen) atoms. The van der Waals surface area contributed by atoms with Crippen LogP contribution in [0.5, 0.6) is 11.5 Å². The van der Waals surface area contributed by atoms with Crippen molar-refractivity contribution in [2.24, 2.45) is 0 Å². The van der Waals surface area contributed by atoms with E-state index in [2.05, 4.69) is 42.3 Å². The molecule has 3 heterocycles. The van der Waals surface area contributed by atoms with E-state index in [0.717, 1.165) is 19.6 Å². The predicted molar refractivity (Wildman–Crippen MR) is 152 cm³/mol. The van der Waals surface area contributed by atoms with Gasteiger partial charge in [-0.1, -0.05) is 18.2 Å². The Morgan fingerprint density at radius 2 is 2.05 bits per heavy atom. The number of nitrogens with zero attached hydrogens (tertiary/aromatic N) is 5. The summed E-state index contributed by atoms with van der Waals surface area (Å²) in [5.41, 5.74) is 2.51. The SMILES string of the molecule is C=CC(=O)Nc1cc2c(Nc3ccc(OCc4cccnn4)c(Cl)c3)ncnc2cc1OCCN1CC(OC)C1. The number of aromatic nitrogens is 4. The summed E-state index contributed by atoms with van der Waals surface area (Å²) in [6.45, 7) is 6.72. The normalized spacial score (nSPS) is 13.4. The van der Waals surface area contributed by atoms with Crippen molar-refractivity contribution < 1.29 is 19.0 Å². The topological polar surface area (TPSA) is 124 Å². The molecule has 206 valence electrons. The molecule has 0 aliphatic carbocycles. The molecule has 2 aromatic carbocycles. The fourth-order valence-corrected chi connectivity index (χ4v) is 4.35. The minimum absolute atomic E-state index is 0.242. The minimum atomic E-state index is -0.356. The summed E-state index contributed by atoms with van der Waals surface area (Å²) in [5, 5.41) is 15.1. The second kappa shape index (κ2) is 12.7. The highest BCUT2D eigenvalue weighted by atomic mass is 35.5. The van der Waals surface area contributed by atoms with Gasteiger partial charge in [0.2, 0.25) is 5.91 Å². The molecule has 0 saturated carbocycles. The fraction of sp³-hybridized carbons (Fsp3) is 0.250.